The molecule has 1 heterocycles. The van der Waals surface area contributed by atoms with Crippen molar-refractivity contribution in [3.8, 4) is 0 Å². The fraction of sp³-hybridized carbons (Fsp3) is 0.500. The Hall–Kier alpha value is -2.11. The van der Waals surface area contributed by atoms with Crippen LogP contribution in [0, 0.1) is 5.92 Å². The lowest BCUT2D eigenvalue weighted by Gasteiger charge is -2.13. The van der Waals surface area contributed by atoms with Crippen molar-refractivity contribution in [1.29, 1.82) is 0 Å². The van der Waals surface area contributed by atoms with Crippen molar-refractivity contribution in [2.24, 2.45) is 5.92 Å². The first-order chi connectivity index (χ1) is 9.65. The molecular formula is C14H19N3O3. The molecule has 6 heteroatoms. The van der Waals surface area contributed by atoms with Crippen molar-refractivity contribution in [1.82, 2.24) is 15.6 Å². The molecule has 6 nitrogen and oxygen atoms in total. The second-order valence-electron chi connectivity index (χ2n) is 5.06. The number of aromatic nitrogens is 1. The maximum atomic E-state index is 11.7. The number of hydrogen-bond acceptors (Lipinski definition) is 3. The fourth-order valence-corrected chi connectivity index (χ4v) is 2.44. The Kier molecular flexibility index (Phi) is 4.92. The van der Waals surface area contributed by atoms with Crippen LogP contribution in [0.15, 0.2) is 24.5 Å². The van der Waals surface area contributed by atoms with Gasteiger partial charge < -0.3 is 15.7 Å². The minimum Gasteiger partial charge on any atom is -0.481 e. The van der Waals surface area contributed by atoms with Crippen LogP contribution in [0.25, 0.3) is 0 Å². The van der Waals surface area contributed by atoms with Crippen LogP contribution in [0.3, 0.4) is 0 Å². The summed E-state index contributed by atoms with van der Waals surface area (Å²) in [4.78, 5) is 26.5. The van der Waals surface area contributed by atoms with Crippen LogP contribution in [-0.4, -0.2) is 34.7 Å². The molecule has 1 aliphatic carbocycles. The van der Waals surface area contributed by atoms with Crippen molar-refractivity contribution < 1.29 is 14.7 Å². The summed E-state index contributed by atoms with van der Waals surface area (Å²) in [6.45, 7) is 0.534. The molecule has 0 aliphatic heterocycles. The molecular weight excluding hydrogens is 258 g/mol. The monoisotopic (exact) mass is 277 g/mol. The van der Waals surface area contributed by atoms with Gasteiger partial charge in [-0.05, 0) is 37.3 Å². The molecule has 0 bridgehead atoms. The van der Waals surface area contributed by atoms with Gasteiger partial charge in [0, 0.05) is 25.0 Å². The standard InChI is InChI=1S/C14H19N3O3/c18-13(19)11-3-4-12(8-11)17-14(20)16-7-5-10-2-1-6-15-9-10/h1-2,6,9,11-12H,3-5,7-8H2,(H,18,19)(H2,16,17,20). The first kappa shape index (κ1) is 14.3. The van der Waals surface area contributed by atoms with Crippen LogP contribution in [-0.2, 0) is 11.2 Å². The lowest BCUT2D eigenvalue weighted by Crippen LogP contribution is -2.41. The highest BCUT2D eigenvalue weighted by Gasteiger charge is 2.30. The van der Waals surface area contributed by atoms with Crippen LogP contribution in [0.1, 0.15) is 24.8 Å². The number of carbonyl (C=O) groups excluding carboxylic acids is 1. The van der Waals surface area contributed by atoms with Gasteiger partial charge in [-0.25, -0.2) is 4.79 Å². The van der Waals surface area contributed by atoms with Gasteiger partial charge in [0.2, 0.25) is 0 Å². The van der Waals surface area contributed by atoms with Crippen molar-refractivity contribution in [3.05, 3.63) is 30.1 Å². The number of rotatable bonds is 5. The molecule has 2 atom stereocenters. The van der Waals surface area contributed by atoms with Gasteiger partial charge in [0.15, 0.2) is 0 Å². The molecule has 20 heavy (non-hydrogen) atoms. The molecule has 2 rings (SSSR count). The number of pyridine rings is 1. The summed E-state index contributed by atoms with van der Waals surface area (Å²) in [5.74, 6) is -1.10. The number of nitrogens with zero attached hydrogens (tertiary/aromatic N) is 1. The van der Waals surface area contributed by atoms with Crippen LogP contribution in [0.4, 0.5) is 4.79 Å². The van der Waals surface area contributed by atoms with E-state index < -0.39 is 5.97 Å². The highest BCUT2D eigenvalue weighted by Crippen LogP contribution is 2.25. The van der Waals surface area contributed by atoms with Gasteiger partial charge in [0.25, 0.3) is 0 Å². The van der Waals surface area contributed by atoms with Crippen molar-refractivity contribution >= 4 is 12.0 Å². The van der Waals surface area contributed by atoms with Gasteiger partial charge in [0.05, 0.1) is 5.92 Å². The third-order valence-corrected chi connectivity index (χ3v) is 3.54. The van der Waals surface area contributed by atoms with E-state index in [0.29, 0.717) is 19.4 Å². The predicted molar refractivity (Wildman–Crippen MR) is 73.2 cm³/mol. The molecule has 1 fully saturated rings. The number of urea groups is 1. The fourth-order valence-electron chi connectivity index (χ4n) is 2.44. The molecule has 108 valence electrons. The normalized spacial score (nSPS) is 21.4. The van der Waals surface area contributed by atoms with Crippen molar-refractivity contribution in [2.45, 2.75) is 31.7 Å². The number of amides is 2. The molecule has 3 N–H and O–H groups in total. The first-order valence-corrected chi connectivity index (χ1v) is 6.81. The van der Waals surface area contributed by atoms with E-state index >= 15 is 0 Å². The molecule has 0 saturated heterocycles. The Bertz CT molecular complexity index is 464. The highest BCUT2D eigenvalue weighted by molar-refractivity contribution is 5.75. The molecule has 0 aromatic carbocycles. The topological polar surface area (TPSA) is 91.3 Å². The molecule has 1 aromatic heterocycles. The summed E-state index contributed by atoms with van der Waals surface area (Å²) in [5.41, 5.74) is 1.07. The smallest absolute Gasteiger partial charge is 0.315 e. The summed E-state index contributed by atoms with van der Waals surface area (Å²) in [7, 11) is 0. The molecule has 1 saturated carbocycles. The maximum Gasteiger partial charge on any atom is 0.315 e. The quantitative estimate of drug-likeness (QED) is 0.753. The van der Waals surface area contributed by atoms with E-state index in [4.69, 9.17) is 5.11 Å². The minimum atomic E-state index is -0.772. The van der Waals surface area contributed by atoms with Crippen LogP contribution >= 0.6 is 0 Å². The van der Waals surface area contributed by atoms with Gasteiger partial charge in [-0.3, -0.25) is 9.78 Å². The summed E-state index contributed by atoms with van der Waals surface area (Å²) in [5, 5.41) is 14.5. The van der Waals surface area contributed by atoms with E-state index in [1.807, 2.05) is 12.1 Å². The summed E-state index contributed by atoms with van der Waals surface area (Å²) in [6, 6.07) is 3.56. The summed E-state index contributed by atoms with van der Waals surface area (Å²) >= 11 is 0. The zero-order chi connectivity index (χ0) is 14.4. The second-order valence-corrected chi connectivity index (χ2v) is 5.06. The number of carboxylic acid groups (broad SMARTS) is 1. The zero-order valence-electron chi connectivity index (χ0n) is 11.2. The molecule has 0 spiro atoms. The van der Waals surface area contributed by atoms with E-state index in [2.05, 4.69) is 15.6 Å². The van der Waals surface area contributed by atoms with E-state index in [9.17, 15) is 9.59 Å². The SMILES string of the molecule is O=C(NCCc1cccnc1)NC1CCC(C(=O)O)C1. The van der Waals surface area contributed by atoms with Crippen LogP contribution in [0.5, 0.6) is 0 Å². The average molecular weight is 277 g/mol. The summed E-state index contributed by atoms with van der Waals surface area (Å²) < 4.78 is 0. The van der Waals surface area contributed by atoms with Crippen LogP contribution in [0.2, 0.25) is 0 Å². The number of hydrogen-bond donors (Lipinski definition) is 3. The van der Waals surface area contributed by atoms with Crippen molar-refractivity contribution in [3.63, 3.8) is 0 Å². The third-order valence-electron chi connectivity index (χ3n) is 3.54. The average Bonchev–Trinajstić information content (AvgIpc) is 2.88. The second kappa shape index (κ2) is 6.88. The molecule has 2 unspecified atom stereocenters. The van der Waals surface area contributed by atoms with Gasteiger partial charge in [0.1, 0.15) is 0 Å². The van der Waals surface area contributed by atoms with Crippen LogP contribution < -0.4 is 10.6 Å². The van der Waals surface area contributed by atoms with Gasteiger partial charge in [-0.2, -0.15) is 0 Å². The number of nitrogens with one attached hydrogen (secondary N) is 2. The Morgan fingerprint density at radius 1 is 1.40 bits per heavy atom. The predicted octanol–water partition coefficient (Wildman–Crippen LogP) is 1.18. The first-order valence-electron chi connectivity index (χ1n) is 6.81. The number of carboxylic acids is 1. The Morgan fingerprint density at radius 3 is 2.90 bits per heavy atom. The van der Waals surface area contributed by atoms with Gasteiger partial charge >= 0.3 is 12.0 Å². The molecule has 0 radical (unpaired) electrons. The van der Waals surface area contributed by atoms with Gasteiger partial charge in [-0.1, -0.05) is 6.07 Å². The molecule has 1 aromatic rings. The lowest BCUT2D eigenvalue weighted by atomic mass is 10.1. The lowest BCUT2D eigenvalue weighted by molar-refractivity contribution is -0.141. The zero-order valence-corrected chi connectivity index (χ0v) is 11.2. The minimum absolute atomic E-state index is 0.0329. The molecule has 1 aliphatic rings. The van der Waals surface area contributed by atoms with E-state index in [1.165, 1.54) is 0 Å². The molecule has 2 amide bonds. The van der Waals surface area contributed by atoms with Gasteiger partial charge in [-0.15, -0.1) is 0 Å². The summed E-state index contributed by atoms with van der Waals surface area (Å²) in [6.07, 6.45) is 6.09. The number of carbonyl (C=O) groups is 2. The Labute approximate surface area is 117 Å². The Balaban J connectivity index is 1.65. The van der Waals surface area contributed by atoms with E-state index in [-0.39, 0.29) is 18.0 Å². The van der Waals surface area contributed by atoms with E-state index in [1.54, 1.807) is 12.4 Å². The third kappa shape index (κ3) is 4.22. The highest BCUT2D eigenvalue weighted by atomic mass is 16.4. The van der Waals surface area contributed by atoms with Crippen molar-refractivity contribution in [2.75, 3.05) is 6.54 Å². The largest absolute Gasteiger partial charge is 0.481 e. The van der Waals surface area contributed by atoms with E-state index in [0.717, 1.165) is 18.4 Å². The Morgan fingerprint density at radius 2 is 2.25 bits per heavy atom. The number of aliphatic carboxylic acids is 1. The maximum absolute atomic E-state index is 11.7.